The molecule has 0 saturated carbocycles. The van der Waals surface area contributed by atoms with E-state index in [0.717, 1.165) is 6.07 Å². The normalized spacial score (nSPS) is 15.2. The van der Waals surface area contributed by atoms with Crippen molar-refractivity contribution in [1.82, 2.24) is 4.90 Å². The molecular weight excluding hydrogens is 453 g/mol. The van der Waals surface area contributed by atoms with Gasteiger partial charge in [-0.25, -0.2) is 4.39 Å². The molecule has 2 aromatic heterocycles. The van der Waals surface area contributed by atoms with Crippen LogP contribution in [0.4, 0.5) is 4.39 Å². The molecule has 0 spiro atoms. The van der Waals surface area contributed by atoms with Gasteiger partial charge in [-0.2, -0.15) is 0 Å². The third kappa shape index (κ3) is 4.05. The van der Waals surface area contributed by atoms with E-state index in [9.17, 15) is 14.0 Å². The number of halogens is 1. The van der Waals surface area contributed by atoms with E-state index in [1.165, 1.54) is 30.4 Å². The van der Waals surface area contributed by atoms with E-state index in [2.05, 4.69) is 0 Å². The second-order valence-corrected chi connectivity index (χ2v) is 8.84. The summed E-state index contributed by atoms with van der Waals surface area (Å²) < 4.78 is 36.7. The Kier molecular flexibility index (Phi) is 5.80. The number of methoxy groups -OCH3 is 1. The van der Waals surface area contributed by atoms with Gasteiger partial charge in [-0.1, -0.05) is 19.9 Å². The molecule has 1 amide bonds. The zero-order valence-electron chi connectivity index (χ0n) is 19.5. The van der Waals surface area contributed by atoms with Crippen LogP contribution in [-0.2, 0) is 6.54 Å². The Bertz CT molecular complexity index is 1460. The molecule has 2 aromatic carbocycles. The fourth-order valence-corrected chi connectivity index (χ4v) is 4.30. The summed E-state index contributed by atoms with van der Waals surface area (Å²) in [6.07, 6.45) is 1.52. The molecule has 0 fully saturated rings. The van der Waals surface area contributed by atoms with Crippen molar-refractivity contribution in [3.63, 3.8) is 0 Å². The predicted octanol–water partition coefficient (Wildman–Crippen LogP) is 5.31. The van der Waals surface area contributed by atoms with Crippen LogP contribution in [0.15, 0.2) is 68.4 Å². The van der Waals surface area contributed by atoms with Crippen molar-refractivity contribution < 1.29 is 27.5 Å². The highest BCUT2D eigenvalue weighted by atomic mass is 19.1. The Balaban J connectivity index is 1.67. The monoisotopic (exact) mass is 477 g/mol. The molecule has 8 heteroatoms. The number of carbonyl (C=O) groups excluding carboxylic acids is 1. The number of nitrogens with zero attached hydrogens (tertiary/aromatic N) is 1. The molecule has 0 bridgehead atoms. The first kappa shape index (κ1) is 22.7. The van der Waals surface area contributed by atoms with Gasteiger partial charge >= 0.3 is 0 Å². The minimum absolute atomic E-state index is 0.0650. The Hall–Kier alpha value is -4.07. The molecule has 180 valence electrons. The fourth-order valence-electron chi connectivity index (χ4n) is 4.30. The van der Waals surface area contributed by atoms with Crippen LogP contribution in [0.5, 0.6) is 11.5 Å². The summed E-state index contributed by atoms with van der Waals surface area (Å²) in [5, 5.41) is 0.0743. The molecule has 35 heavy (non-hydrogen) atoms. The molecule has 0 radical (unpaired) electrons. The smallest absolute Gasteiger partial charge is 0.291 e. The summed E-state index contributed by atoms with van der Waals surface area (Å²) >= 11 is 0. The average molecular weight is 477 g/mol. The molecular formula is C27H24FNO6. The van der Waals surface area contributed by atoms with Crippen LogP contribution in [0.1, 0.15) is 47.3 Å². The standard InChI is InChI=1S/C27H24FNO6/c1-15(2)14-34-21-8-6-16(11-22(21)32-3)24-23-25(30)19-12-17(28)7-9-20(19)35-26(23)27(31)29(24)13-18-5-4-10-33-18/h4-12,15,24H,13-14H2,1-3H3. The number of carbonyl (C=O) groups is 1. The fraction of sp³-hybridized carbons (Fsp3) is 0.259. The maximum absolute atomic E-state index is 14.0. The summed E-state index contributed by atoms with van der Waals surface area (Å²) in [5.41, 5.74) is 0.468. The van der Waals surface area contributed by atoms with E-state index in [1.54, 1.807) is 30.3 Å². The minimum Gasteiger partial charge on any atom is -0.493 e. The summed E-state index contributed by atoms with van der Waals surface area (Å²) in [6.45, 7) is 4.70. The highest BCUT2D eigenvalue weighted by molar-refractivity contribution is 5.99. The Morgan fingerprint density at radius 1 is 1.09 bits per heavy atom. The highest BCUT2D eigenvalue weighted by Crippen LogP contribution is 2.41. The van der Waals surface area contributed by atoms with E-state index in [1.807, 2.05) is 13.8 Å². The van der Waals surface area contributed by atoms with E-state index in [-0.39, 0.29) is 28.8 Å². The first-order chi connectivity index (χ1) is 16.9. The van der Waals surface area contributed by atoms with Gasteiger partial charge in [0.2, 0.25) is 5.76 Å². The van der Waals surface area contributed by atoms with Crippen LogP contribution in [0.25, 0.3) is 11.0 Å². The van der Waals surface area contributed by atoms with Crippen LogP contribution in [-0.4, -0.2) is 24.5 Å². The van der Waals surface area contributed by atoms with Crippen molar-refractivity contribution in [2.75, 3.05) is 13.7 Å². The van der Waals surface area contributed by atoms with Gasteiger partial charge < -0.3 is 23.2 Å². The highest BCUT2D eigenvalue weighted by Gasteiger charge is 2.43. The Morgan fingerprint density at radius 2 is 1.91 bits per heavy atom. The number of benzene rings is 2. The maximum Gasteiger partial charge on any atom is 0.291 e. The topological polar surface area (TPSA) is 82.1 Å². The van der Waals surface area contributed by atoms with E-state index in [4.69, 9.17) is 18.3 Å². The summed E-state index contributed by atoms with van der Waals surface area (Å²) in [7, 11) is 1.53. The minimum atomic E-state index is -0.792. The molecule has 1 atom stereocenters. The van der Waals surface area contributed by atoms with Crippen molar-refractivity contribution in [3.05, 3.63) is 93.5 Å². The lowest BCUT2D eigenvalue weighted by Crippen LogP contribution is -2.29. The van der Waals surface area contributed by atoms with Crippen molar-refractivity contribution in [2.45, 2.75) is 26.4 Å². The molecule has 1 aliphatic heterocycles. The largest absolute Gasteiger partial charge is 0.493 e. The molecule has 0 N–H and O–H groups in total. The van der Waals surface area contributed by atoms with Crippen molar-refractivity contribution in [1.29, 1.82) is 0 Å². The van der Waals surface area contributed by atoms with Gasteiger partial charge in [0.05, 0.1) is 43.5 Å². The number of ether oxygens (including phenoxy) is 2. The SMILES string of the molecule is COc1cc(C2c3c(oc4ccc(F)cc4c3=O)C(=O)N2Cc2ccco2)ccc1OCC(C)C. The lowest BCUT2D eigenvalue weighted by atomic mass is 9.98. The number of hydrogen-bond donors (Lipinski definition) is 0. The van der Waals surface area contributed by atoms with Crippen LogP contribution in [0.2, 0.25) is 0 Å². The third-order valence-electron chi connectivity index (χ3n) is 5.91. The van der Waals surface area contributed by atoms with E-state index in [0.29, 0.717) is 35.3 Å². The van der Waals surface area contributed by atoms with Crippen molar-refractivity contribution >= 4 is 16.9 Å². The van der Waals surface area contributed by atoms with Crippen LogP contribution >= 0.6 is 0 Å². The number of hydrogen-bond acceptors (Lipinski definition) is 6. The molecule has 7 nitrogen and oxygen atoms in total. The van der Waals surface area contributed by atoms with Gasteiger partial charge in [0.1, 0.15) is 17.2 Å². The molecule has 1 unspecified atom stereocenters. The van der Waals surface area contributed by atoms with E-state index < -0.39 is 23.2 Å². The molecule has 5 rings (SSSR count). The van der Waals surface area contributed by atoms with Gasteiger partial charge in [-0.15, -0.1) is 0 Å². The number of furan rings is 1. The van der Waals surface area contributed by atoms with Crippen molar-refractivity contribution in [3.8, 4) is 11.5 Å². The Morgan fingerprint density at radius 3 is 2.63 bits per heavy atom. The van der Waals surface area contributed by atoms with Gasteiger partial charge in [-0.3, -0.25) is 9.59 Å². The molecule has 4 aromatic rings. The zero-order valence-corrected chi connectivity index (χ0v) is 19.5. The quantitative estimate of drug-likeness (QED) is 0.359. The second-order valence-electron chi connectivity index (χ2n) is 8.84. The molecule has 0 aliphatic carbocycles. The Labute approximate surface area is 200 Å². The average Bonchev–Trinajstić information content (AvgIpc) is 3.45. The predicted molar refractivity (Wildman–Crippen MR) is 126 cm³/mol. The van der Waals surface area contributed by atoms with Crippen LogP contribution in [0, 0.1) is 11.7 Å². The van der Waals surface area contributed by atoms with Gasteiger partial charge in [0.15, 0.2) is 16.9 Å². The maximum atomic E-state index is 14.0. The van der Waals surface area contributed by atoms with Gasteiger partial charge in [0, 0.05) is 0 Å². The number of fused-ring (bicyclic) bond motifs is 2. The lowest BCUT2D eigenvalue weighted by molar-refractivity contribution is 0.0701. The van der Waals surface area contributed by atoms with Crippen LogP contribution in [0.3, 0.4) is 0 Å². The summed E-state index contributed by atoms with van der Waals surface area (Å²) in [5.74, 6) is 0.807. The molecule has 1 aliphatic rings. The van der Waals surface area contributed by atoms with E-state index >= 15 is 0 Å². The van der Waals surface area contributed by atoms with Gasteiger partial charge in [0.25, 0.3) is 5.91 Å². The molecule has 0 saturated heterocycles. The first-order valence-electron chi connectivity index (χ1n) is 11.3. The van der Waals surface area contributed by atoms with Crippen molar-refractivity contribution in [2.24, 2.45) is 5.92 Å². The summed E-state index contributed by atoms with van der Waals surface area (Å²) in [6, 6.07) is 11.6. The van der Waals surface area contributed by atoms with Crippen LogP contribution < -0.4 is 14.9 Å². The summed E-state index contributed by atoms with van der Waals surface area (Å²) in [4.78, 5) is 28.6. The lowest BCUT2D eigenvalue weighted by Gasteiger charge is -2.25. The zero-order chi connectivity index (χ0) is 24.7. The second kappa shape index (κ2) is 8.94. The molecule has 3 heterocycles. The third-order valence-corrected chi connectivity index (χ3v) is 5.91. The number of rotatable bonds is 7. The number of amides is 1. The first-order valence-corrected chi connectivity index (χ1v) is 11.3. The van der Waals surface area contributed by atoms with Gasteiger partial charge in [-0.05, 0) is 53.9 Å².